The Morgan fingerprint density at radius 1 is 1.47 bits per heavy atom. The smallest absolute Gasteiger partial charge is 0.246 e. The molecule has 1 unspecified atom stereocenters. The van der Waals surface area contributed by atoms with E-state index in [9.17, 15) is 13.5 Å². The van der Waals surface area contributed by atoms with E-state index < -0.39 is 16.1 Å². The normalized spacial score (nSPS) is 14.0. The molecule has 0 aromatic carbocycles. The molecular weight excluding hydrogens is 268 g/mol. The highest BCUT2D eigenvalue weighted by Crippen LogP contribution is 2.21. The van der Waals surface area contributed by atoms with E-state index >= 15 is 0 Å². The van der Waals surface area contributed by atoms with Gasteiger partial charge in [0.1, 0.15) is 4.90 Å². The Labute approximate surface area is 113 Å². The van der Waals surface area contributed by atoms with Gasteiger partial charge < -0.3 is 10.8 Å². The van der Waals surface area contributed by atoms with Gasteiger partial charge in [0.15, 0.2) is 5.82 Å². The van der Waals surface area contributed by atoms with Gasteiger partial charge in [-0.15, -0.1) is 0 Å². The number of anilines is 1. The number of sulfonamides is 1. The summed E-state index contributed by atoms with van der Waals surface area (Å²) in [6.45, 7) is 5.30. The van der Waals surface area contributed by atoms with Crippen molar-refractivity contribution in [1.29, 1.82) is 0 Å². The van der Waals surface area contributed by atoms with Crippen LogP contribution in [-0.4, -0.2) is 36.0 Å². The van der Waals surface area contributed by atoms with Crippen LogP contribution in [0.1, 0.15) is 26.0 Å². The van der Waals surface area contributed by atoms with Crippen molar-refractivity contribution in [2.75, 3.05) is 12.3 Å². The van der Waals surface area contributed by atoms with E-state index in [1.165, 1.54) is 4.68 Å². The molecule has 19 heavy (non-hydrogen) atoms. The van der Waals surface area contributed by atoms with Crippen molar-refractivity contribution in [2.24, 2.45) is 13.0 Å². The van der Waals surface area contributed by atoms with Crippen LogP contribution in [0.4, 0.5) is 5.82 Å². The summed E-state index contributed by atoms with van der Waals surface area (Å²) in [5.74, 6) is 0.237. The van der Waals surface area contributed by atoms with Crippen molar-refractivity contribution in [3.8, 4) is 0 Å². The number of nitrogens with one attached hydrogen (secondary N) is 1. The Hall–Kier alpha value is -1.12. The molecule has 0 aliphatic rings. The highest BCUT2D eigenvalue weighted by Gasteiger charge is 2.27. The second kappa shape index (κ2) is 5.89. The Morgan fingerprint density at radius 3 is 2.42 bits per heavy atom. The summed E-state index contributed by atoms with van der Waals surface area (Å²) in [6.07, 6.45) is 0.551. The third-order valence-electron chi connectivity index (χ3n) is 2.87. The van der Waals surface area contributed by atoms with Crippen LogP contribution in [0.15, 0.2) is 4.90 Å². The highest BCUT2D eigenvalue weighted by molar-refractivity contribution is 7.89. The summed E-state index contributed by atoms with van der Waals surface area (Å²) < 4.78 is 28.5. The first kappa shape index (κ1) is 15.9. The monoisotopic (exact) mass is 290 g/mol. The minimum Gasteiger partial charge on any atom is -0.395 e. The van der Waals surface area contributed by atoms with E-state index in [0.29, 0.717) is 12.1 Å². The zero-order valence-corrected chi connectivity index (χ0v) is 12.5. The molecule has 1 aromatic rings. The van der Waals surface area contributed by atoms with Gasteiger partial charge in [-0.1, -0.05) is 13.8 Å². The molecule has 110 valence electrons. The van der Waals surface area contributed by atoms with E-state index in [4.69, 9.17) is 5.73 Å². The molecule has 1 atom stereocenters. The summed E-state index contributed by atoms with van der Waals surface area (Å²) in [6, 6.07) is -0.524. The van der Waals surface area contributed by atoms with Gasteiger partial charge in [0.25, 0.3) is 0 Å². The van der Waals surface area contributed by atoms with E-state index in [0.717, 1.165) is 0 Å². The third kappa shape index (κ3) is 3.68. The maximum atomic E-state index is 12.3. The molecule has 0 bridgehead atoms. The number of nitrogen functional groups attached to an aromatic ring is 1. The van der Waals surface area contributed by atoms with Crippen LogP contribution in [0.5, 0.6) is 0 Å². The van der Waals surface area contributed by atoms with Crippen LogP contribution in [-0.2, 0) is 17.1 Å². The van der Waals surface area contributed by atoms with Gasteiger partial charge in [0.05, 0.1) is 12.3 Å². The number of aliphatic hydroxyl groups is 1. The third-order valence-corrected chi connectivity index (χ3v) is 4.56. The molecule has 0 aliphatic heterocycles. The topological polar surface area (TPSA) is 110 Å². The first-order chi connectivity index (χ1) is 8.69. The summed E-state index contributed by atoms with van der Waals surface area (Å²) in [7, 11) is -2.15. The van der Waals surface area contributed by atoms with E-state index in [-0.39, 0.29) is 23.2 Å². The number of aromatic nitrogens is 2. The highest BCUT2D eigenvalue weighted by atomic mass is 32.2. The van der Waals surface area contributed by atoms with Gasteiger partial charge in [0, 0.05) is 13.1 Å². The lowest BCUT2D eigenvalue weighted by atomic mass is 10.1. The van der Waals surface area contributed by atoms with Crippen LogP contribution in [0.3, 0.4) is 0 Å². The van der Waals surface area contributed by atoms with Gasteiger partial charge >= 0.3 is 0 Å². The standard InChI is InChI=1S/C11H22N4O3S/c1-7(2)5-9(6-16)14-19(17,18)10-8(3)15(4)13-11(10)12/h7,9,14,16H,5-6H2,1-4H3,(H2,12,13). The van der Waals surface area contributed by atoms with E-state index in [2.05, 4.69) is 9.82 Å². The molecule has 1 aromatic heterocycles. The molecule has 0 saturated carbocycles. The van der Waals surface area contributed by atoms with Crippen LogP contribution in [0.25, 0.3) is 0 Å². The summed E-state index contributed by atoms with van der Waals surface area (Å²) in [5.41, 5.74) is 6.10. The van der Waals surface area contributed by atoms with Crippen LogP contribution < -0.4 is 10.5 Å². The molecule has 8 heteroatoms. The average molecular weight is 290 g/mol. The van der Waals surface area contributed by atoms with Gasteiger partial charge in [-0.3, -0.25) is 4.68 Å². The minimum absolute atomic E-state index is 0.0165. The van der Waals surface area contributed by atoms with Crippen molar-refractivity contribution >= 4 is 15.8 Å². The van der Waals surface area contributed by atoms with Crippen molar-refractivity contribution in [3.05, 3.63) is 5.69 Å². The molecule has 0 aliphatic carbocycles. The molecule has 4 N–H and O–H groups in total. The Kier molecular flexibility index (Phi) is 4.94. The van der Waals surface area contributed by atoms with Crippen molar-refractivity contribution in [2.45, 2.75) is 38.1 Å². The SMILES string of the molecule is Cc1c(S(=O)(=O)NC(CO)CC(C)C)c(N)nn1C. The Morgan fingerprint density at radius 2 is 2.05 bits per heavy atom. The maximum Gasteiger partial charge on any atom is 0.246 e. The van der Waals surface area contributed by atoms with Crippen LogP contribution in [0.2, 0.25) is 0 Å². The zero-order chi connectivity index (χ0) is 14.8. The zero-order valence-electron chi connectivity index (χ0n) is 11.7. The quantitative estimate of drug-likeness (QED) is 0.683. The van der Waals surface area contributed by atoms with Crippen molar-refractivity contribution in [1.82, 2.24) is 14.5 Å². The summed E-state index contributed by atoms with van der Waals surface area (Å²) in [4.78, 5) is -0.0165. The first-order valence-electron chi connectivity index (χ1n) is 6.11. The second-order valence-corrected chi connectivity index (χ2v) is 6.70. The predicted octanol–water partition coefficient (Wildman–Crippen LogP) is -0.00398. The lowest BCUT2D eigenvalue weighted by Gasteiger charge is -2.18. The largest absolute Gasteiger partial charge is 0.395 e. The fraction of sp³-hybridized carbons (Fsp3) is 0.727. The van der Waals surface area contributed by atoms with Gasteiger partial charge in [-0.2, -0.15) is 5.10 Å². The number of aliphatic hydroxyl groups excluding tert-OH is 1. The molecule has 1 rings (SSSR count). The van der Waals surface area contributed by atoms with Gasteiger partial charge in [-0.05, 0) is 19.3 Å². The van der Waals surface area contributed by atoms with Crippen molar-refractivity contribution in [3.63, 3.8) is 0 Å². The Balaban J connectivity index is 3.04. The molecule has 0 saturated heterocycles. The van der Waals surface area contributed by atoms with Crippen molar-refractivity contribution < 1.29 is 13.5 Å². The van der Waals surface area contributed by atoms with E-state index in [1.54, 1.807) is 14.0 Å². The number of rotatable bonds is 6. The fourth-order valence-corrected chi connectivity index (χ4v) is 3.52. The van der Waals surface area contributed by atoms with Gasteiger partial charge in [0.2, 0.25) is 10.0 Å². The van der Waals surface area contributed by atoms with Gasteiger partial charge in [-0.25, -0.2) is 13.1 Å². The van der Waals surface area contributed by atoms with Crippen LogP contribution in [0, 0.1) is 12.8 Å². The number of nitrogens with zero attached hydrogens (tertiary/aromatic N) is 2. The predicted molar refractivity (Wildman–Crippen MR) is 73.0 cm³/mol. The maximum absolute atomic E-state index is 12.3. The van der Waals surface area contributed by atoms with E-state index in [1.807, 2.05) is 13.8 Å². The second-order valence-electron chi connectivity index (χ2n) is 5.05. The average Bonchev–Trinajstić information content (AvgIpc) is 2.51. The lowest BCUT2D eigenvalue weighted by molar-refractivity contribution is 0.240. The molecule has 0 radical (unpaired) electrons. The van der Waals surface area contributed by atoms with Crippen LogP contribution >= 0.6 is 0 Å². The molecular formula is C11H22N4O3S. The fourth-order valence-electron chi connectivity index (χ4n) is 1.95. The molecule has 0 spiro atoms. The summed E-state index contributed by atoms with van der Waals surface area (Å²) >= 11 is 0. The number of nitrogens with two attached hydrogens (primary N) is 1. The minimum atomic E-state index is -3.78. The number of hydrogen-bond donors (Lipinski definition) is 3. The first-order valence-corrected chi connectivity index (χ1v) is 7.59. The number of aryl methyl sites for hydroxylation is 1. The lowest BCUT2D eigenvalue weighted by Crippen LogP contribution is -2.38. The molecule has 0 fully saturated rings. The molecule has 1 heterocycles. The molecule has 7 nitrogen and oxygen atoms in total. The Bertz CT molecular complexity index is 536. The number of hydrogen-bond acceptors (Lipinski definition) is 5. The molecule has 0 amide bonds. The summed E-state index contributed by atoms with van der Waals surface area (Å²) in [5, 5.41) is 13.1.